The van der Waals surface area contributed by atoms with Crippen LogP contribution in [0.2, 0.25) is 0 Å². The molecule has 0 atom stereocenters. The predicted molar refractivity (Wildman–Crippen MR) is 35.4 cm³/mol. The minimum absolute atomic E-state index is 0.320. The zero-order valence-electron chi connectivity index (χ0n) is 6.22. The number of oxazole rings is 1. The molecule has 4 nitrogen and oxygen atoms in total. The van der Waals surface area contributed by atoms with E-state index >= 15 is 0 Å². The van der Waals surface area contributed by atoms with Crippen molar-refractivity contribution in [2.45, 2.75) is 12.6 Å². The van der Waals surface area contributed by atoms with Gasteiger partial charge in [-0.1, -0.05) is 0 Å². The van der Waals surface area contributed by atoms with Gasteiger partial charge in [0.1, 0.15) is 12.5 Å². The van der Waals surface area contributed by atoms with E-state index in [4.69, 9.17) is 11.0 Å². The summed E-state index contributed by atoms with van der Waals surface area (Å²) in [6.07, 6.45) is -5.73. The van der Waals surface area contributed by atoms with Gasteiger partial charge in [-0.15, -0.1) is 0 Å². The van der Waals surface area contributed by atoms with Gasteiger partial charge >= 0.3 is 6.18 Å². The summed E-state index contributed by atoms with van der Waals surface area (Å²) in [5.41, 5.74) is 4.73. The molecule has 0 amide bonds. The molecule has 0 fully saturated rings. The molecule has 1 rings (SSSR count). The third-order valence-electron chi connectivity index (χ3n) is 1.16. The van der Waals surface area contributed by atoms with Crippen LogP contribution in [0.25, 0.3) is 0 Å². The molecule has 0 aromatic carbocycles. The Hall–Kier alpha value is -1.71. The van der Waals surface area contributed by atoms with Crippen molar-refractivity contribution < 1.29 is 17.6 Å². The highest BCUT2D eigenvalue weighted by molar-refractivity contribution is 5.40. The van der Waals surface area contributed by atoms with Gasteiger partial charge in [0.2, 0.25) is 17.5 Å². The van der Waals surface area contributed by atoms with Gasteiger partial charge < -0.3 is 10.2 Å². The first-order valence-electron chi connectivity index (χ1n) is 3.14. The van der Waals surface area contributed by atoms with Gasteiger partial charge in [-0.2, -0.15) is 18.4 Å². The van der Waals surface area contributed by atoms with E-state index in [1.807, 2.05) is 0 Å². The first kappa shape index (κ1) is 9.38. The average Bonchev–Trinajstić information content (AvgIpc) is 2.26. The molecular formula is C6H4F3N3O. The van der Waals surface area contributed by atoms with Gasteiger partial charge in [0.25, 0.3) is 0 Å². The molecule has 7 heteroatoms. The number of hydrogen-bond acceptors (Lipinski definition) is 4. The number of alkyl halides is 3. The summed E-state index contributed by atoms with van der Waals surface area (Å²) >= 11 is 0. The Morgan fingerprint density at radius 2 is 2.15 bits per heavy atom. The highest BCUT2D eigenvalue weighted by Gasteiger charge is 2.31. The lowest BCUT2D eigenvalue weighted by Crippen LogP contribution is -2.11. The summed E-state index contributed by atoms with van der Waals surface area (Å²) in [6.45, 7) is 0. The van der Waals surface area contributed by atoms with Crippen LogP contribution in [-0.4, -0.2) is 11.2 Å². The SMILES string of the molecule is N#Cc1nc(CC(F)(F)F)oc1N. The summed E-state index contributed by atoms with van der Waals surface area (Å²) in [7, 11) is 0. The topological polar surface area (TPSA) is 75.8 Å². The lowest BCUT2D eigenvalue weighted by atomic mass is 10.4. The van der Waals surface area contributed by atoms with Crippen LogP contribution in [0.4, 0.5) is 19.1 Å². The predicted octanol–water partition coefficient (Wildman–Crippen LogP) is 1.23. The van der Waals surface area contributed by atoms with Gasteiger partial charge in [-0.3, -0.25) is 0 Å². The molecule has 0 unspecified atom stereocenters. The van der Waals surface area contributed by atoms with E-state index in [9.17, 15) is 13.2 Å². The summed E-state index contributed by atoms with van der Waals surface area (Å²) < 4.78 is 39.7. The van der Waals surface area contributed by atoms with Gasteiger partial charge in [0.05, 0.1) is 0 Å². The largest absolute Gasteiger partial charge is 0.424 e. The Labute approximate surface area is 70.8 Å². The molecule has 13 heavy (non-hydrogen) atoms. The minimum atomic E-state index is -4.41. The Bertz CT molecular complexity index is 349. The first-order valence-corrected chi connectivity index (χ1v) is 3.14. The molecule has 0 radical (unpaired) electrons. The number of nitrogens with two attached hydrogens (primary N) is 1. The van der Waals surface area contributed by atoms with Crippen molar-refractivity contribution >= 4 is 5.88 Å². The van der Waals surface area contributed by atoms with Crippen LogP contribution in [-0.2, 0) is 6.42 Å². The van der Waals surface area contributed by atoms with Gasteiger partial charge in [0.15, 0.2) is 0 Å². The number of nitrogen functional groups attached to an aromatic ring is 1. The van der Waals surface area contributed by atoms with Crippen molar-refractivity contribution in [3.63, 3.8) is 0 Å². The van der Waals surface area contributed by atoms with Crippen molar-refractivity contribution in [3.8, 4) is 6.07 Å². The van der Waals surface area contributed by atoms with Crippen molar-refractivity contribution in [3.05, 3.63) is 11.6 Å². The highest BCUT2D eigenvalue weighted by Crippen LogP contribution is 2.22. The fourth-order valence-electron chi connectivity index (χ4n) is 0.705. The van der Waals surface area contributed by atoms with Gasteiger partial charge in [-0.25, -0.2) is 4.98 Å². The molecule has 1 aromatic heterocycles. The van der Waals surface area contributed by atoms with Gasteiger partial charge in [0, 0.05) is 0 Å². The fraction of sp³-hybridized carbons (Fsp3) is 0.333. The van der Waals surface area contributed by atoms with E-state index in [-0.39, 0.29) is 11.6 Å². The van der Waals surface area contributed by atoms with E-state index in [0.29, 0.717) is 0 Å². The molecule has 2 N–H and O–H groups in total. The second-order valence-electron chi connectivity index (χ2n) is 2.22. The Morgan fingerprint density at radius 3 is 2.54 bits per heavy atom. The number of anilines is 1. The Balaban J connectivity index is 2.87. The second kappa shape index (κ2) is 2.97. The van der Waals surface area contributed by atoms with Crippen molar-refractivity contribution in [1.29, 1.82) is 5.26 Å². The van der Waals surface area contributed by atoms with Crippen LogP contribution in [0.15, 0.2) is 4.42 Å². The summed E-state index contributed by atoms with van der Waals surface area (Å²) in [4.78, 5) is 3.24. The van der Waals surface area contributed by atoms with Crippen molar-refractivity contribution in [1.82, 2.24) is 4.98 Å². The molecule has 0 aliphatic heterocycles. The average molecular weight is 191 g/mol. The van der Waals surface area contributed by atoms with E-state index in [2.05, 4.69) is 9.40 Å². The molecule has 0 aliphatic rings. The van der Waals surface area contributed by atoms with Crippen LogP contribution < -0.4 is 5.73 Å². The zero-order chi connectivity index (χ0) is 10.1. The number of halogens is 3. The maximum absolute atomic E-state index is 11.8. The Morgan fingerprint density at radius 1 is 1.54 bits per heavy atom. The van der Waals surface area contributed by atoms with E-state index in [1.54, 1.807) is 0 Å². The van der Waals surface area contributed by atoms with Crippen LogP contribution in [0, 0.1) is 11.3 Å². The normalized spacial score (nSPS) is 11.2. The highest BCUT2D eigenvalue weighted by atomic mass is 19.4. The number of aromatic nitrogens is 1. The fourth-order valence-corrected chi connectivity index (χ4v) is 0.705. The van der Waals surface area contributed by atoms with Crippen LogP contribution >= 0.6 is 0 Å². The third-order valence-corrected chi connectivity index (χ3v) is 1.16. The van der Waals surface area contributed by atoms with Crippen LogP contribution in [0.1, 0.15) is 11.6 Å². The third kappa shape index (κ3) is 2.37. The van der Waals surface area contributed by atoms with Crippen LogP contribution in [0.5, 0.6) is 0 Å². The standard InChI is InChI=1S/C6H4F3N3O/c7-6(8,9)1-4-12-3(2-10)5(11)13-4/h1,11H2. The van der Waals surface area contributed by atoms with Crippen molar-refractivity contribution in [2.75, 3.05) is 5.73 Å². The molecular weight excluding hydrogens is 187 g/mol. The zero-order valence-corrected chi connectivity index (χ0v) is 6.22. The maximum Gasteiger partial charge on any atom is 0.397 e. The number of nitrogens with zero attached hydrogens (tertiary/aromatic N) is 2. The van der Waals surface area contributed by atoms with E-state index in [1.165, 1.54) is 6.07 Å². The minimum Gasteiger partial charge on any atom is -0.424 e. The Kier molecular flexibility index (Phi) is 2.14. The smallest absolute Gasteiger partial charge is 0.397 e. The lowest BCUT2D eigenvalue weighted by molar-refractivity contribution is -0.130. The number of hydrogen-bond donors (Lipinski definition) is 1. The summed E-state index contributed by atoms with van der Waals surface area (Å²) in [5.74, 6) is -0.983. The van der Waals surface area contributed by atoms with E-state index < -0.39 is 18.5 Å². The summed E-state index contributed by atoms with van der Waals surface area (Å²) in [6, 6.07) is 1.50. The monoisotopic (exact) mass is 191 g/mol. The molecule has 1 heterocycles. The van der Waals surface area contributed by atoms with E-state index in [0.717, 1.165) is 0 Å². The lowest BCUT2D eigenvalue weighted by Gasteiger charge is -2.00. The molecule has 0 saturated heterocycles. The van der Waals surface area contributed by atoms with Gasteiger partial charge in [-0.05, 0) is 0 Å². The second-order valence-corrected chi connectivity index (χ2v) is 2.22. The molecule has 0 spiro atoms. The summed E-state index contributed by atoms with van der Waals surface area (Å²) in [5, 5.41) is 8.30. The molecule has 0 saturated carbocycles. The number of rotatable bonds is 1. The van der Waals surface area contributed by atoms with Crippen molar-refractivity contribution in [2.24, 2.45) is 0 Å². The first-order chi connectivity index (χ1) is 5.92. The molecule has 1 aromatic rings. The molecule has 0 bridgehead atoms. The quantitative estimate of drug-likeness (QED) is 0.724. The van der Waals surface area contributed by atoms with Crippen LogP contribution in [0.3, 0.4) is 0 Å². The number of nitriles is 1. The molecule has 70 valence electrons. The molecule has 0 aliphatic carbocycles. The maximum atomic E-state index is 11.8.